The van der Waals surface area contributed by atoms with Crippen molar-refractivity contribution < 1.29 is 89.3 Å². The smallest absolute Gasteiger partial charge is 0.268 e. The summed E-state index contributed by atoms with van der Waals surface area (Å²) in [7, 11) is 0. The molecule has 8 aromatic carbocycles. The van der Waals surface area contributed by atoms with Crippen molar-refractivity contribution in [2.24, 2.45) is 0 Å². The number of rotatable bonds is 9. The Kier molecular flexibility index (Phi) is 6.19. The van der Waals surface area contributed by atoms with Gasteiger partial charge in [0, 0.05) is 95.0 Å². The third-order valence-electron chi connectivity index (χ3n) is 14.8. The molecule has 3 aromatic heterocycles. The van der Waals surface area contributed by atoms with Crippen LogP contribution in [0.2, 0.25) is 0 Å². The van der Waals surface area contributed by atoms with Crippen LogP contribution in [0.15, 0.2) is 164 Å². The summed E-state index contributed by atoms with van der Waals surface area (Å²) >= 11 is 0. The molecule has 2 aliphatic rings. The summed E-state index contributed by atoms with van der Waals surface area (Å²) in [6.45, 7) is -32.0. The molecule has 11 aromatic rings. The normalized spacial score (nSPS) is 28.7. The van der Waals surface area contributed by atoms with Crippen molar-refractivity contribution in [2.75, 3.05) is 0 Å². The van der Waals surface area contributed by atoms with E-state index in [0.717, 1.165) is 68.1 Å². The maximum absolute atomic E-state index is 10.6. The Labute approximate surface area is 567 Å². The van der Waals surface area contributed by atoms with E-state index in [-0.39, 0.29) is 54.7 Å². The summed E-state index contributed by atoms with van der Waals surface area (Å²) in [5, 5.41) is 1.48. The van der Waals surface area contributed by atoms with Gasteiger partial charge < -0.3 is 13.9 Å². The molecule has 0 radical (unpaired) electrons. The largest absolute Gasteiger partial charge is 0.510 e. The molecular formula is C77H76N4OPt-2. The van der Waals surface area contributed by atoms with Gasteiger partial charge >= 0.3 is 0 Å². The fourth-order valence-electron chi connectivity index (χ4n) is 10.6. The van der Waals surface area contributed by atoms with Crippen LogP contribution in [0.4, 0.5) is 0 Å². The predicted octanol–water partition coefficient (Wildman–Crippen LogP) is 19.6. The Bertz CT molecular complexity index is 6000. The molecule has 1 unspecified atom stereocenters. The Balaban J connectivity index is 0.0000144. The number of fused-ring (bicyclic) bond motifs is 6. The van der Waals surface area contributed by atoms with Crippen LogP contribution in [-0.4, -0.2) is 14.1 Å². The average molecular weight is 1310 g/mol. The van der Waals surface area contributed by atoms with Crippen molar-refractivity contribution in [1.29, 1.82) is 0 Å². The minimum atomic E-state index is -4.94. The number of imidazole rings is 1. The molecule has 2 aliphatic carbocycles. The fourth-order valence-corrected chi connectivity index (χ4v) is 10.6. The van der Waals surface area contributed by atoms with Crippen LogP contribution in [0.1, 0.15) is 205 Å². The van der Waals surface area contributed by atoms with Crippen LogP contribution in [0.25, 0.3) is 83.4 Å². The van der Waals surface area contributed by atoms with E-state index in [1.165, 1.54) is 30.3 Å². The molecule has 5 nitrogen and oxygen atoms in total. The number of aryl methyl sites for hydroxylation is 2. The van der Waals surface area contributed by atoms with E-state index in [4.69, 9.17) is 30.3 Å². The van der Waals surface area contributed by atoms with Gasteiger partial charge in [0.2, 0.25) is 0 Å². The quantitative estimate of drug-likeness (QED) is 0.107. The molecule has 3 heterocycles. The van der Waals surface area contributed by atoms with Crippen LogP contribution in [-0.2, 0) is 48.1 Å². The van der Waals surface area contributed by atoms with Crippen LogP contribution in [0.3, 0.4) is 0 Å². The van der Waals surface area contributed by atoms with Crippen LogP contribution in [0.5, 0.6) is 11.5 Å². The van der Waals surface area contributed by atoms with Crippen molar-refractivity contribution in [3.8, 4) is 62.1 Å². The topological polar surface area (TPSA) is 35.9 Å². The Morgan fingerprint density at radius 3 is 2.01 bits per heavy atom. The number of benzene rings is 8. The van der Waals surface area contributed by atoms with Gasteiger partial charge in [-0.25, -0.2) is 4.98 Å². The van der Waals surface area contributed by atoms with E-state index in [1.54, 1.807) is 18.3 Å². The summed E-state index contributed by atoms with van der Waals surface area (Å²) in [5.41, 5.74) is -33.3. The number of hydrogen-bond donors (Lipinski definition) is 0. The van der Waals surface area contributed by atoms with Gasteiger partial charge in [0.25, 0.3) is 6.33 Å². The molecule has 0 saturated carbocycles. The molecular weight excluding hydrogens is 1190 g/mol. The van der Waals surface area contributed by atoms with Gasteiger partial charge in [-0.2, -0.15) is 18.2 Å². The van der Waals surface area contributed by atoms with Gasteiger partial charge in [-0.05, 0) is 180 Å². The van der Waals surface area contributed by atoms with Gasteiger partial charge in [0.05, 0.1) is 24.9 Å². The summed E-state index contributed by atoms with van der Waals surface area (Å²) in [6.07, 6.45) is -18.5. The van der Waals surface area contributed by atoms with Gasteiger partial charge in [0.1, 0.15) is 5.82 Å². The fraction of sp³-hybridized carbons (Fsp3) is 0.299. The average Bonchev–Trinajstić information content (AvgIpc) is 0.714. The second kappa shape index (κ2) is 20.5. The molecule has 0 aliphatic heterocycles. The second-order valence-corrected chi connectivity index (χ2v) is 21.2. The Hall–Kier alpha value is -7.33. The molecule has 422 valence electrons. The molecule has 0 spiro atoms. The maximum Gasteiger partial charge on any atom is 0.268 e. The van der Waals surface area contributed by atoms with Crippen molar-refractivity contribution in [2.45, 2.75) is 148 Å². The van der Waals surface area contributed by atoms with E-state index in [2.05, 4.69) is 18.5 Å². The first-order chi connectivity index (χ1) is 56.6. The minimum Gasteiger partial charge on any atom is -0.510 e. The SMILES string of the molecule is [2H]c1c([2H])c2c(c([2H])c1-c1cccc(-c3c([2H])c([2H])c4c(c3[2H])C(C([2H])([2H])[2H])(C([2H])([2H])[2H])C([2H])([2H])C([2H])([2H])C4(C([2H])([2H])[2H])C([2H])([2H])C)c1-[n+]1[c-]n(-c3[c-]c(Oc4[c-]c5c(cc4)c4ccccc4n5-c4cc(C(C)(C)C)ccn4)ccc3)c3cc(-c4c(C([2H])([2H])[2H])cccc4C([2H])([2H])[2H])ccc31)C(C([2H])([2H])[2H])(C([2H])([2H])[2H])C([2H])([2H])C([2H])([2H])C2(C([2H])([2H])[2H])C([2H])([2H])[2H].[Pt]. The molecule has 0 fully saturated rings. The van der Waals surface area contributed by atoms with E-state index in [9.17, 15) is 38.4 Å². The summed E-state index contributed by atoms with van der Waals surface area (Å²) in [6, 6.07) is 23.7. The number of aromatic nitrogens is 4. The van der Waals surface area contributed by atoms with Crippen LogP contribution < -0.4 is 9.30 Å². The summed E-state index contributed by atoms with van der Waals surface area (Å²) in [4.78, 5) is 4.75. The van der Waals surface area contributed by atoms with Crippen molar-refractivity contribution in [1.82, 2.24) is 14.1 Å². The zero-order valence-corrected chi connectivity index (χ0v) is 46.9. The van der Waals surface area contributed by atoms with E-state index < -0.39 is 224 Å². The molecule has 13 rings (SSSR count). The van der Waals surface area contributed by atoms with Gasteiger partial charge in [0.15, 0.2) is 0 Å². The van der Waals surface area contributed by atoms with Gasteiger partial charge in [-0.1, -0.05) is 184 Å². The monoisotopic (exact) mass is 1310 g/mol. The van der Waals surface area contributed by atoms with Crippen molar-refractivity contribution in [3.63, 3.8) is 0 Å². The third-order valence-corrected chi connectivity index (χ3v) is 14.8. The van der Waals surface area contributed by atoms with E-state index in [1.807, 2.05) is 61.7 Å². The standard InChI is InChI=1S/C77H76N4O.Pt/c1-14-77(13)40-39-76(11,12)65-43-52(29-34-63(65)77)59-26-19-25-58(51-28-33-62-64(42-51)75(9,10)38-37-74(62,7)8)72(59)80-48-79(69-44-53(30-35-67(69)80)71-49(2)20-17-21-50(71)3)55-22-18-23-56(46-55)82-57-31-32-61-60-24-15-16-27-66(60)81(68(61)47-57)70-45-54(36-41-78-70)73(4,5)6;/h15-36,41-45H,14,37-40H2,1-13H3;/q-2;/i2D3,3D3,7D3,8D3,9D3,10D3,11D3,12D3,13D3,14D2,28D,29D,33D,34D,37D2,38D2,39D2,40D2,42D,43D;. The van der Waals surface area contributed by atoms with E-state index in [0.29, 0.717) is 23.6 Å². The number of nitrogens with zero attached hydrogens (tertiary/aromatic N) is 4. The molecule has 0 bridgehead atoms. The van der Waals surface area contributed by atoms with Gasteiger partial charge in [-0.3, -0.25) is 4.57 Å². The zero-order valence-electron chi connectivity index (χ0n) is 87.6. The maximum atomic E-state index is 10.6. The molecule has 83 heavy (non-hydrogen) atoms. The summed E-state index contributed by atoms with van der Waals surface area (Å²) < 4.78 is 412. The van der Waals surface area contributed by atoms with Crippen LogP contribution >= 0.6 is 0 Å². The first-order valence-corrected chi connectivity index (χ1v) is 25.8. The number of ether oxygens (including phenoxy) is 1. The second-order valence-electron chi connectivity index (χ2n) is 21.2. The van der Waals surface area contributed by atoms with Crippen LogP contribution in [0, 0.1) is 32.2 Å². The zero-order chi connectivity index (χ0) is 93.9. The predicted molar refractivity (Wildman–Crippen MR) is 340 cm³/mol. The summed E-state index contributed by atoms with van der Waals surface area (Å²) in [5.74, 6) is 0.358. The van der Waals surface area contributed by atoms with E-state index >= 15 is 0 Å². The van der Waals surface area contributed by atoms with Crippen molar-refractivity contribution in [3.05, 3.63) is 221 Å². The Morgan fingerprint density at radius 1 is 0.651 bits per heavy atom. The number of hydrogen-bond acceptors (Lipinski definition) is 2. The molecule has 0 N–H and O–H groups in total. The molecule has 0 amide bonds. The van der Waals surface area contributed by atoms with Crippen molar-refractivity contribution >= 4 is 32.8 Å². The molecule has 1 atom stereocenters. The first-order valence-electron chi connectivity index (χ1n) is 47.3. The molecule has 0 saturated heterocycles. The Morgan fingerprint density at radius 2 is 1.31 bits per heavy atom. The van der Waals surface area contributed by atoms with Gasteiger partial charge in [-0.15, -0.1) is 29.7 Å². The molecule has 6 heteroatoms. The minimum absolute atomic E-state index is 0. The third kappa shape index (κ3) is 9.60. The first kappa shape index (κ1) is 25.1. The number of pyridine rings is 1. The number of para-hydroxylation sites is 2.